The fourth-order valence-corrected chi connectivity index (χ4v) is 8.95. The van der Waals surface area contributed by atoms with E-state index in [9.17, 15) is 19.8 Å². The maximum atomic E-state index is 13.8. The maximum absolute atomic E-state index is 13.8. The third kappa shape index (κ3) is 4.73. The minimum atomic E-state index is -1.85. The van der Waals surface area contributed by atoms with Crippen LogP contribution in [0.4, 0.5) is 4.79 Å². The number of hydrogen-bond acceptors (Lipinski definition) is 10. The van der Waals surface area contributed by atoms with E-state index < -0.39 is 52.7 Å². The van der Waals surface area contributed by atoms with Gasteiger partial charge in [-0.15, -0.1) is 0 Å². The van der Waals surface area contributed by atoms with Crippen LogP contribution in [0.3, 0.4) is 0 Å². The third-order valence-electron chi connectivity index (χ3n) is 10.5. The summed E-state index contributed by atoms with van der Waals surface area (Å²) in [5, 5.41) is 22.5. The number of Topliss-reactive ketones (excluding diaryl/α,β-unsaturated/α-hetero) is 1. The molecule has 11 heteroatoms. The minimum Gasteiger partial charge on any atom is -0.503 e. The fourth-order valence-electron chi connectivity index (χ4n) is 8.53. The van der Waals surface area contributed by atoms with Crippen LogP contribution in [0, 0.1) is 17.8 Å². The summed E-state index contributed by atoms with van der Waals surface area (Å²) in [6, 6.07) is 12.5. The van der Waals surface area contributed by atoms with Crippen molar-refractivity contribution in [3.63, 3.8) is 0 Å². The molecule has 2 aromatic carbocycles. The van der Waals surface area contributed by atoms with Gasteiger partial charge >= 0.3 is 6.16 Å². The van der Waals surface area contributed by atoms with Gasteiger partial charge in [0.1, 0.15) is 29.7 Å². The molecular formula is C36H37BrO10. The van der Waals surface area contributed by atoms with Crippen LogP contribution in [0.5, 0.6) is 17.2 Å². The van der Waals surface area contributed by atoms with E-state index in [1.807, 2.05) is 49.4 Å². The van der Waals surface area contributed by atoms with Crippen LogP contribution in [0.1, 0.15) is 39.2 Å². The number of rotatable bonds is 7. The molecule has 8 atom stereocenters. The largest absolute Gasteiger partial charge is 0.514 e. The van der Waals surface area contributed by atoms with E-state index in [1.54, 1.807) is 6.92 Å². The number of fused-ring (bicyclic) bond motifs is 2. The molecule has 3 fully saturated rings. The fraction of sp³-hybridized carbons (Fsp3) is 0.444. The monoisotopic (exact) mass is 708 g/mol. The molecule has 2 aromatic rings. The van der Waals surface area contributed by atoms with Crippen molar-refractivity contribution < 1.29 is 48.2 Å². The number of benzene rings is 2. The summed E-state index contributed by atoms with van der Waals surface area (Å²) in [4.78, 5) is 26.7. The number of aliphatic hydroxyl groups is 1. The van der Waals surface area contributed by atoms with Crippen molar-refractivity contribution in [1.29, 1.82) is 0 Å². The van der Waals surface area contributed by atoms with Crippen molar-refractivity contribution >= 4 is 27.9 Å². The van der Waals surface area contributed by atoms with E-state index in [1.165, 1.54) is 19.2 Å². The van der Waals surface area contributed by atoms with E-state index in [4.69, 9.17) is 28.4 Å². The van der Waals surface area contributed by atoms with Gasteiger partial charge in [0.25, 0.3) is 5.97 Å². The Morgan fingerprint density at radius 2 is 1.91 bits per heavy atom. The van der Waals surface area contributed by atoms with Crippen molar-refractivity contribution in [2.24, 2.45) is 17.8 Å². The van der Waals surface area contributed by atoms with Crippen molar-refractivity contribution in [2.75, 3.05) is 13.7 Å². The first-order valence-electron chi connectivity index (χ1n) is 15.6. The number of phenols is 1. The molecule has 47 heavy (non-hydrogen) atoms. The van der Waals surface area contributed by atoms with Crippen molar-refractivity contribution in [3.05, 3.63) is 88.0 Å². The highest BCUT2D eigenvalue weighted by Gasteiger charge is 2.79. The quantitative estimate of drug-likeness (QED) is 0.203. The molecule has 5 aliphatic rings. The van der Waals surface area contributed by atoms with E-state index >= 15 is 0 Å². The Balaban J connectivity index is 1.26. The Kier molecular flexibility index (Phi) is 7.53. The third-order valence-corrected chi connectivity index (χ3v) is 11.1. The lowest BCUT2D eigenvalue weighted by atomic mass is 9.55. The maximum Gasteiger partial charge on any atom is 0.514 e. The summed E-state index contributed by atoms with van der Waals surface area (Å²) < 4.78 is 37.1. The van der Waals surface area contributed by atoms with Gasteiger partial charge in [0.05, 0.1) is 23.6 Å². The van der Waals surface area contributed by atoms with Crippen molar-refractivity contribution in [2.45, 2.75) is 68.9 Å². The van der Waals surface area contributed by atoms with Crippen molar-refractivity contribution in [1.82, 2.24) is 0 Å². The van der Waals surface area contributed by atoms with Gasteiger partial charge in [-0.05, 0) is 70.5 Å². The molecule has 2 saturated heterocycles. The van der Waals surface area contributed by atoms with E-state index in [-0.39, 0.29) is 40.7 Å². The molecule has 1 saturated carbocycles. The predicted molar refractivity (Wildman–Crippen MR) is 172 cm³/mol. The van der Waals surface area contributed by atoms with E-state index in [0.29, 0.717) is 24.0 Å². The molecule has 3 aliphatic carbocycles. The SMILES string of the molecule is C=C(C)[C@]12C[C@@H](C)C34OC(Cc5ccccc5)(OC1[C@@H]3C=C(COC(=O)Oc1cc(Br)c(O)c(OC)c1)C[C@]1(O)C(=O)C(C)=C[C@@H]41)O2. The normalized spacial score (nSPS) is 36.5. The molecule has 3 bridgehead atoms. The minimum absolute atomic E-state index is 0.0795. The number of carbonyl (C=O) groups excluding carboxylic acids is 2. The number of aromatic hydroxyl groups is 1. The van der Waals surface area contributed by atoms with Crippen LogP contribution in [-0.2, 0) is 30.2 Å². The van der Waals surface area contributed by atoms with Gasteiger partial charge in [-0.25, -0.2) is 4.79 Å². The first kappa shape index (κ1) is 32.1. The number of methoxy groups -OCH3 is 1. The van der Waals surface area contributed by atoms with Gasteiger partial charge in [0, 0.05) is 24.3 Å². The molecule has 0 aromatic heterocycles. The lowest BCUT2D eigenvalue weighted by molar-refractivity contribution is -0.421. The number of halogens is 1. The Hall–Kier alpha value is -3.48. The first-order chi connectivity index (χ1) is 22.3. The highest BCUT2D eigenvalue weighted by atomic mass is 79.9. The Morgan fingerprint density at radius 3 is 2.62 bits per heavy atom. The van der Waals surface area contributed by atoms with Gasteiger partial charge in [0.15, 0.2) is 17.3 Å². The molecule has 248 valence electrons. The summed E-state index contributed by atoms with van der Waals surface area (Å²) in [5.74, 6) is -3.24. The summed E-state index contributed by atoms with van der Waals surface area (Å²) in [6.45, 7) is 9.77. The second-order valence-corrected chi connectivity index (χ2v) is 14.3. The number of carbonyl (C=O) groups is 2. The van der Waals surface area contributed by atoms with Crippen LogP contribution in [0.15, 0.2) is 82.4 Å². The highest BCUT2D eigenvalue weighted by Crippen LogP contribution is 2.68. The van der Waals surface area contributed by atoms with Crippen LogP contribution >= 0.6 is 15.9 Å². The topological polar surface area (TPSA) is 130 Å². The molecule has 7 rings (SSSR count). The lowest BCUT2D eigenvalue weighted by Crippen LogP contribution is -2.70. The zero-order valence-corrected chi connectivity index (χ0v) is 28.2. The zero-order chi connectivity index (χ0) is 33.5. The number of hydrogen-bond donors (Lipinski definition) is 2. The summed E-state index contributed by atoms with van der Waals surface area (Å²) >= 11 is 3.21. The molecule has 0 amide bonds. The molecule has 3 unspecified atom stereocenters. The highest BCUT2D eigenvalue weighted by molar-refractivity contribution is 9.10. The van der Waals surface area contributed by atoms with Gasteiger partial charge in [0.2, 0.25) is 0 Å². The Labute approximate surface area is 281 Å². The molecule has 0 spiro atoms. The van der Waals surface area contributed by atoms with Crippen LogP contribution in [-0.4, -0.2) is 64.7 Å². The Morgan fingerprint density at radius 1 is 1.17 bits per heavy atom. The summed E-state index contributed by atoms with van der Waals surface area (Å²) in [7, 11) is 1.37. The Bertz CT molecular complexity index is 1740. The average Bonchev–Trinajstić information content (AvgIpc) is 3.33. The second-order valence-electron chi connectivity index (χ2n) is 13.4. The lowest BCUT2D eigenvalue weighted by Gasteiger charge is -2.59. The van der Waals surface area contributed by atoms with Crippen molar-refractivity contribution in [3.8, 4) is 17.2 Å². The molecule has 2 N–H and O–H groups in total. The first-order valence-corrected chi connectivity index (χ1v) is 16.4. The van der Waals surface area contributed by atoms with Gasteiger partial charge in [-0.1, -0.05) is 56.0 Å². The zero-order valence-electron chi connectivity index (χ0n) is 26.6. The number of phenolic OH excluding ortho intramolecular Hbond substituents is 1. The van der Waals surface area contributed by atoms with Gasteiger partial charge in [-0.3, -0.25) is 4.79 Å². The predicted octanol–water partition coefficient (Wildman–Crippen LogP) is 5.94. The standard InChI is InChI=1S/C36H37BrO10/c1-19(2)34-15-21(4)36-25(31(34)45-35(46-34,47-36)17-22-9-7-6-8-10-22)12-23(16-33(41)28(36)11-20(3)30(33)39)18-43-32(40)44-24-13-26(37)29(38)27(14-24)42-5/h6-14,21,25,28,31,38,41H,1,15-18H2,2-5H3/t21-,25+,28-,31?,33-,34-,35?,36?/m1/s1. The van der Waals surface area contributed by atoms with Gasteiger partial charge in [-0.2, -0.15) is 0 Å². The van der Waals surface area contributed by atoms with Crippen LogP contribution in [0.2, 0.25) is 0 Å². The molecular weight excluding hydrogens is 672 g/mol. The van der Waals surface area contributed by atoms with Gasteiger partial charge < -0.3 is 38.6 Å². The molecule has 0 radical (unpaired) electrons. The second kappa shape index (κ2) is 11.0. The van der Waals surface area contributed by atoms with Crippen LogP contribution < -0.4 is 9.47 Å². The molecule has 10 nitrogen and oxygen atoms in total. The molecule has 2 heterocycles. The van der Waals surface area contributed by atoms with Crippen LogP contribution in [0.25, 0.3) is 0 Å². The summed E-state index contributed by atoms with van der Waals surface area (Å²) in [5.41, 5.74) is -1.13. The summed E-state index contributed by atoms with van der Waals surface area (Å²) in [6.07, 6.45) is 2.93. The average molecular weight is 710 g/mol. The van der Waals surface area contributed by atoms with E-state index in [2.05, 4.69) is 29.4 Å². The van der Waals surface area contributed by atoms with E-state index in [0.717, 1.165) is 11.1 Å². The number of ether oxygens (including phenoxy) is 6. The number of ketones is 1. The molecule has 2 aliphatic heterocycles. The smallest absolute Gasteiger partial charge is 0.503 e.